The van der Waals surface area contributed by atoms with Crippen LogP contribution in [0.4, 0.5) is 15.9 Å². The molecule has 0 atom stereocenters. The number of halogens is 2. The van der Waals surface area contributed by atoms with E-state index in [1.165, 1.54) is 25.6 Å². The molecule has 2 heterocycles. The number of nitrogens with zero attached hydrogens (tertiary/aromatic N) is 2. The average molecular weight is 671 g/mol. The lowest BCUT2D eigenvalue weighted by atomic mass is 9.98. The number of hydrogen-bond acceptors (Lipinski definition) is 10. The quantitative estimate of drug-likeness (QED) is 0.0817. The molecule has 1 aliphatic heterocycles. The molecular weight excluding hydrogens is 643 g/mol. The van der Waals surface area contributed by atoms with Crippen molar-refractivity contribution >= 4 is 51.6 Å². The molecule has 0 saturated carbocycles. The first-order valence-corrected chi connectivity index (χ1v) is 15.2. The van der Waals surface area contributed by atoms with E-state index in [9.17, 15) is 18.8 Å². The molecule has 0 radical (unpaired) electrons. The third kappa shape index (κ3) is 7.04. The monoisotopic (exact) mass is 670 g/mol. The first-order valence-electron chi connectivity index (χ1n) is 14.9. The third-order valence-electron chi connectivity index (χ3n) is 7.45. The normalized spacial score (nSPS) is 12.4. The number of ether oxygens (including phenoxy) is 4. The molecule has 0 spiro atoms. The summed E-state index contributed by atoms with van der Waals surface area (Å²) in [6.45, 7) is 1.09. The van der Waals surface area contributed by atoms with E-state index in [4.69, 9.17) is 30.5 Å². The highest BCUT2D eigenvalue weighted by Crippen LogP contribution is 2.36. The molecule has 1 aliphatic rings. The van der Waals surface area contributed by atoms with E-state index >= 15 is 0 Å². The molecule has 0 fully saturated rings. The Morgan fingerprint density at radius 1 is 0.875 bits per heavy atom. The van der Waals surface area contributed by atoms with E-state index in [1.807, 2.05) is 17.4 Å². The molecule has 0 saturated heterocycles. The van der Waals surface area contributed by atoms with Crippen LogP contribution in [0.2, 0.25) is 5.02 Å². The number of nitrogens with one attached hydrogen (secondary N) is 2. The summed E-state index contributed by atoms with van der Waals surface area (Å²) in [6, 6.07) is 20.0. The van der Waals surface area contributed by atoms with Crippen LogP contribution in [-0.4, -0.2) is 54.5 Å². The predicted octanol–water partition coefficient (Wildman–Crippen LogP) is 6.45. The van der Waals surface area contributed by atoms with Gasteiger partial charge in [0.15, 0.2) is 17.3 Å². The first kappa shape index (κ1) is 32.4. The minimum Gasteiger partial charge on any atom is -0.493 e. The summed E-state index contributed by atoms with van der Waals surface area (Å²) in [5.41, 5.74) is 1.87. The molecule has 2 N–H and O–H groups in total. The molecule has 5 aromatic rings. The van der Waals surface area contributed by atoms with Gasteiger partial charge in [0.05, 0.1) is 35.5 Å². The maximum Gasteiger partial charge on any atom is 0.299 e. The van der Waals surface area contributed by atoms with Crippen molar-refractivity contribution in [3.05, 3.63) is 107 Å². The van der Waals surface area contributed by atoms with E-state index in [-0.39, 0.29) is 34.2 Å². The number of hydrogen-bond donors (Lipinski definition) is 2. The van der Waals surface area contributed by atoms with Crippen molar-refractivity contribution in [1.29, 1.82) is 0 Å². The molecule has 2 amide bonds. The standard InChI is InChI=1S/C35H28ClFN4O7/c1-45-28-18-26-23(33(39-19-38-26)40-25-8-3-7-24(36)31(25)37)17-29(28)47-16-15-46-14-4-5-20-10-12-21(13-11-20)48-27-9-2-6-22-30(27)34(43)41-35(44)32(22)42/h2-3,6-13,17-19H,4-5,14-16H2,1H3,(H,38,39,40)(H,41,43,44). The highest BCUT2D eigenvalue weighted by molar-refractivity contribution is 6.49. The lowest BCUT2D eigenvalue weighted by Gasteiger charge is -2.17. The number of Topliss-reactive ketones (excluding diaryl/α,β-unsaturated/α-hetero) is 1. The van der Waals surface area contributed by atoms with Gasteiger partial charge in [0.1, 0.15) is 30.3 Å². The Morgan fingerprint density at radius 3 is 2.50 bits per heavy atom. The molecule has 13 heteroatoms. The van der Waals surface area contributed by atoms with E-state index in [0.29, 0.717) is 47.2 Å². The Bertz CT molecular complexity index is 2020. The maximum atomic E-state index is 14.5. The number of aryl methyl sites for hydroxylation is 1. The summed E-state index contributed by atoms with van der Waals surface area (Å²) in [5.74, 6) is -1.01. The number of carbonyl (C=O) groups is 3. The number of fused-ring (bicyclic) bond motifs is 2. The number of carbonyl (C=O) groups excluding carboxylic acids is 3. The van der Waals surface area contributed by atoms with Gasteiger partial charge in [-0.25, -0.2) is 14.4 Å². The number of benzene rings is 4. The second-order valence-electron chi connectivity index (χ2n) is 10.6. The van der Waals surface area contributed by atoms with Crippen LogP contribution >= 0.6 is 11.6 Å². The van der Waals surface area contributed by atoms with Gasteiger partial charge in [-0.2, -0.15) is 0 Å². The van der Waals surface area contributed by atoms with Gasteiger partial charge in [-0.3, -0.25) is 19.7 Å². The predicted molar refractivity (Wildman–Crippen MR) is 175 cm³/mol. The maximum absolute atomic E-state index is 14.5. The van der Waals surface area contributed by atoms with Crippen molar-refractivity contribution in [2.24, 2.45) is 0 Å². The van der Waals surface area contributed by atoms with E-state index in [2.05, 4.69) is 15.3 Å². The Morgan fingerprint density at radius 2 is 1.69 bits per heavy atom. The number of anilines is 2. The Kier molecular flexibility index (Phi) is 9.74. The molecular formula is C35H28ClFN4O7. The average Bonchev–Trinajstić information content (AvgIpc) is 3.09. The molecule has 4 aromatic carbocycles. The minimum absolute atomic E-state index is 0.00693. The highest BCUT2D eigenvalue weighted by atomic mass is 35.5. The number of imide groups is 1. The zero-order valence-electron chi connectivity index (χ0n) is 25.5. The van der Waals surface area contributed by atoms with Crippen LogP contribution < -0.4 is 24.8 Å². The Hall–Kier alpha value is -5.59. The number of methoxy groups -OCH3 is 1. The van der Waals surface area contributed by atoms with Crippen LogP contribution in [0.1, 0.15) is 32.7 Å². The fourth-order valence-electron chi connectivity index (χ4n) is 5.09. The van der Waals surface area contributed by atoms with Crippen LogP contribution in [0.15, 0.2) is 79.1 Å². The van der Waals surface area contributed by atoms with Gasteiger partial charge in [-0.15, -0.1) is 0 Å². The van der Waals surface area contributed by atoms with Crippen molar-refractivity contribution in [3.8, 4) is 23.0 Å². The van der Waals surface area contributed by atoms with Crippen LogP contribution in [0.5, 0.6) is 23.0 Å². The topological polar surface area (TPSA) is 138 Å². The summed E-state index contributed by atoms with van der Waals surface area (Å²) in [6.07, 6.45) is 2.88. The van der Waals surface area contributed by atoms with Crippen LogP contribution in [0.3, 0.4) is 0 Å². The third-order valence-corrected chi connectivity index (χ3v) is 7.74. The first-order chi connectivity index (χ1) is 23.3. The van der Waals surface area contributed by atoms with Gasteiger partial charge < -0.3 is 24.3 Å². The fraction of sp³-hybridized carbons (Fsp3) is 0.171. The van der Waals surface area contributed by atoms with Crippen molar-refractivity contribution in [1.82, 2.24) is 15.3 Å². The summed E-state index contributed by atoms with van der Waals surface area (Å²) in [7, 11) is 1.53. The van der Waals surface area contributed by atoms with E-state index in [1.54, 1.807) is 48.5 Å². The van der Waals surface area contributed by atoms with Crippen LogP contribution in [0, 0.1) is 5.82 Å². The summed E-state index contributed by atoms with van der Waals surface area (Å²) < 4.78 is 37.6. The molecule has 244 valence electrons. The second kappa shape index (κ2) is 14.4. The van der Waals surface area contributed by atoms with E-state index < -0.39 is 23.4 Å². The van der Waals surface area contributed by atoms with Gasteiger partial charge in [-0.05, 0) is 60.9 Å². The zero-order chi connectivity index (χ0) is 33.6. The lowest BCUT2D eigenvalue weighted by Crippen LogP contribution is -2.42. The van der Waals surface area contributed by atoms with Gasteiger partial charge in [0.2, 0.25) is 0 Å². The Balaban J connectivity index is 0.988. The smallest absolute Gasteiger partial charge is 0.299 e. The van der Waals surface area contributed by atoms with Gasteiger partial charge in [0.25, 0.3) is 17.6 Å². The number of rotatable bonds is 13. The lowest BCUT2D eigenvalue weighted by molar-refractivity contribution is -0.116. The SMILES string of the molecule is COc1cc2ncnc(Nc3cccc(Cl)c3F)c2cc1OCCOCCCc1ccc(Oc2cccc3c2C(=O)NC(=O)C3=O)cc1. The Labute approximate surface area is 279 Å². The van der Waals surface area contributed by atoms with E-state index in [0.717, 1.165) is 18.4 Å². The molecule has 0 unspecified atom stereocenters. The van der Waals surface area contributed by atoms with Crippen LogP contribution in [-0.2, 0) is 16.0 Å². The van der Waals surface area contributed by atoms with Crippen LogP contribution in [0.25, 0.3) is 10.9 Å². The number of ketones is 1. The van der Waals surface area contributed by atoms with Crippen molar-refractivity contribution in [2.45, 2.75) is 12.8 Å². The van der Waals surface area contributed by atoms with Gasteiger partial charge >= 0.3 is 0 Å². The summed E-state index contributed by atoms with van der Waals surface area (Å²) >= 11 is 5.93. The molecule has 1 aromatic heterocycles. The largest absolute Gasteiger partial charge is 0.493 e. The zero-order valence-corrected chi connectivity index (χ0v) is 26.3. The number of aromatic nitrogens is 2. The van der Waals surface area contributed by atoms with Gasteiger partial charge in [0, 0.05) is 23.6 Å². The highest BCUT2D eigenvalue weighted by Gasteiger charge is 2.33. The number of amides is 2. The van der Waals surface area contributed by atoms with Crippen molar-refractivity contribution in [3.63, 3.8) is 0 Å². The minimum atomic E-state index is -0.955. The molecule has 48 heavy (non-hydrogen) atoms. The van der Waals surface area contributed by atoms with Gasteiger partial charge in [-0.1, -0.05) is 35.9 Å². The molecule has 6 rings (SSSR count). The summed E-state index contributed by atoms with van der Waals surface area (Å²) in [5, 5.41) is 5.61. The second-order valence-corrected chi connectivity index (χ2v) is 11.0. The van der Waals surface area contributed by atoms with Crippen molar-refractivity contribution < 1.29 is 37.7 Å². The molecule has 0 bridgehead atoms. The molecule has 11 nitrogen and oxygen atoms in total. The molecule has 0 aliphatic carbocycles. The van der Waals surface area contributed by atoms with Crippen molar-refractivity contribution in [2.75, 3.05) is 32.2 Å². The summed E-state index contributed by atoms with van der Waals surface area (Å²) in [4.78, 5) is 44.7. The fourth-order valence-corrected chi connectivity index (χ4v) is 5.26.